The summed E-state index contributed by atoms with van der Waals surface area (Å²) >= 11 is 1.42. The molecule has 5 nitrogen and oxygen atoms in total. The van der Waals surface area contributed by atoms with Crippen molar-refractivity contribution in [1.82, 2.24) is 0 Å². The molecule has 0 rings (SSSR count). The van der Waals surface area contributed by atoms with E-state index in [1.165, 1.54) is 23.0 Å². The zero-order valence-electron chi connectivity index (χ0n) is 3.17. The average molecular weight is 222 g/mol. The van der Waals surface area contributed by atoms with Gasteiger partial charge in [0.1, 0.15) is 0 Å². The van der Waals surface area contributed by atoms with Gasteiger partial charge < -0.3 is 5.11 Å². The zero-order chi connectivity index (χ0) is 5.54. The van der Waals surface area contributed by atoms with Crippen molar-refractivity contribution >= 4 is 23.0 Å². The van der Waals surface area contributed by atoms with Crippen molar-refractivity contribution in [2.24, 2.45) is 0 Å². The first-order valence-electron chi connectivity index (χ1n) is 1.26. The molecule has 0 saturated carbocycles. The monoisotopic (exact) mass is 222 g/mol. The summed E-state index contributed by atoms with van der Waals surface area (Å²) in [5.41, 5.74) is 0. The SMILES string of the molecule is OCOOOOI. The molecule has 0 aromatic rings. The van der Waals surface area contributed by atoms with Crippen LogP contribution in [-0.2, 0) is 18.2 Å². The Labute approximate surface area is 53.6 Å². The van der Waals surface area contributed by atoms with Crippen LogP contribution in [0.3, 0.4) is 0 Å². The molecule has 0 aromatic heterocycles. The van der Waals surface area contributed by atoms with E-state index in [2.05, 4.69) is 18.2 Å². The van der Waals surface area contributed by atoms with Crippen molar-refractivity contribution in [1.29, 1.82) is 0 Å². The third kappa shape index (κ3) is 6.53. The molecule has 0 heterocycles. The van der Waals surface area contributed by atoms with E-state index in [0.717, 1.165) is 0 Å². The smallest absolute Gasteiger partial charge is 0.181 e. The van der Waals surface area contributed by atoms with Gasteiger partial charge in [-0.05, 0) is 10.1 Å². The quantitative estimate of drug-likeness (QED) is 0.240. The Hall–Kier alpha value is 0.530. The van der Waals surface area contributed by atoms with Crippen molar-refractivity contribution in [3.63, 3.8) is 0 Å². The molecule has 0 aromatic carbocycles. The molecular formula is CH3IO5. The van der Waals surface area contributed by atoms with E-state index in [0.29, 0.717) is 0 Å². The van der Waals surface area contributed by atoms with Gasteiger partial charge in [0.15, 0.2) is 29.8 Å². The fourth-order valence-electron chi connectivity index (χ4n) is 0.0517. The first-order chi connectivity index (χ1) is 3.41. The second-order valence-corrected chi connectivity index (χ2v) is 0.806. The molecule has 0 aliphatic carbocycles. The van der Waals surface area contributed by atoms with Crippen LogP contribution in [-0.4, -0.2) is 11.9 Å². The van der Waals surface area contributed by atoms with Crippen molar-refractivity contribution in [3.8, 4) is 0 Å². The van der Waals surface area contributed by atoms with Gasteiger partial charge in [0.2, 0.25) is 0 Å². The lowest BCUT2D eigenvalue weighted by Gasteiger charge is -1.91. The standard InChI is InChI=1S/CH3IO5/c2-5-7-6-4-1-3/h3H,1H2. The zero-order valence-corrected chi connectivity index (χ0v) is 5.32. The molecular weight excluding hydrogens is 219 g/mol. The summed E-state index contributed by atoms with van der Waals surface area (Å²) in [5.74, 6) is 0. The third-order valence-electron chi connectivity index (χ3n) is 0.154. The lowest BCUT2D eigenvalue weighted by molar-refractivity contribution is -0.605. The van der Waals surface area contributed by atoms with Gasteiger partial charge in [-0.3, -0.25) is 0 Å². The number of halogens is 1. The van der Waals surface area contributed by atoms with Crippen LogP contribution >= 0.6 is 23.0 Å². The summed E-state index contributed by atoms with van der Waals surface area (Å²) < 4.78 is 3.86. The number of hydrogen-bond acceptors (Lipinski definition) is 5. The van der Waals surface area contributed by atoms with Gasteiger partial charge in [-0.25, -0.2) is 0 Å². The summed E-state index contributed by atoms with van der Waals surface area (Å²) in [6.07, 6.45) is 0. The van der Waals surface area contributed by atoms with Crippen molar-refractivity contribution in [3.05, 3.63) is 0 Å². The first-order valence-corrected chi connectivity index (χ1v) is 2.14. The van der Waals surface area contributed by atoms with E-state index in [1.54, 1.807) is 0 Å². The summed E-state index contributed by atoms with van der Waals surface area (Å²) in [7, 11) is 0. The molecule has 0 fully saturated rings. The van der Waals surface area contributed by atoms with E-state index in [1.807, 2.05) is 0 Å². The van der Waals surface area contributed by atoms with Crippen LogP contribution in [0.15, 0.2) is 0 Å². The Balaban J connectivity index is 2.45. The highest BCUT2D eigenvalue weighted by molar-refractivity contribution is 14.1. The van der Waals surface area contributed by atoms with Crippen molar-refractivity contribution in [2.45, 2.75) is 0 Å². The van der Waals surface area contributed by atoms with Gasteiger partial charge in [0.25, 0.3) is 0 Å². The van der Waals surface area contributed by atoms with Crippen LogP contribution in [0.2, 0.25) is 0 Å². The maximum atomic E-state index is 7.81. The first kappa shape index (κ1) is 7.53. The molecule has 0 radical (unpaired) electrons. The summed E-state index contributed by atoms with van der Waals surface area (Å²) in [5, 5.41) is 15.1. The Kier molecular flexibility index (Phi) is 7.02. The lowest BCUT2D eigenvalue weighted by atomic mass is 11.5. The maximum absolute atomic E-state index is 7.81. The molecule has 0 unspecified atom stereocenters. The van der Waals surface area contributed by atoms with Gasteiger partial charge in [0, 0.05) is 0 Å². The van der Waals surface area contributed by atoms with Gasteiger partial charge in [-0.2, -0.15) is 4.89 Å². The number of aliphatic hydroxyl groups is 1. The Morgan fingerprint density at radius 2 is 2.14 bits per heavy atom. The van der Waals surface area contributed by atoms with Crippen LogP contribution < -0.4 is 0 Å². The predicted octanol–water partition coefficient (Wildman–Crippen LogP) is 0.0976. The molecule has 0 bridgehead atoms. The minimum Gasteiger partial charge on any atom is -0.368 e. The molecule has 0 aliphatic rings. The molecule has 6 heteroatoms. The van der Waals surface area contributed by atoms with E-state index >= 15 is 0 Å². The highest BCUT2D eigenvalue weighted by Crippen LogP contribution is 1.87. The molecule has 44 valence electrons. The second kappa shape index (κ2) is 6.53. The largest absolute Gasteiger partial charge is 0.368 e. The molecule has 0 aliphatic heterocycles. The summed E-state index contributed by atoms with van der Waals surface area (Å²) in [4.78, 5) is 3.78. The van der Waals surface area contributed by atoms with Crippen molar-refractivity contribution < 1.29 is 23.3 Å². The molecule has 0 atom stereocenters. The minimum atomic E-state index is -0.569. The minimum absolute atomic E-state index is 0.569. The predicted molar refractivity (Wildman–Crippen MR) is 25.4 cm³/mol. The van der Waals surface area contributed by atoms with Gasteiger partial charge in [0.05, 0.1) is 0 Å². The second-order valence-electron chi connectivity index (χ2n) is 0.446. The summed E-state index contributed by atoms with van der Waals surface area (Å²) in [6, 6.07) is 0. The lowest BCUT2D eigenvalue weighted by Crippen LogP contribution is -1.93. The number of hydrogen-bond donors (Lipinski definition) is 1. The van der Waals surface area contributed by atoms with Crippen molar-refractivity contribution in [2.75, 3.05) is 6.79 Å². The van der Waals surface area contributed by atoms with Gasteiger partial charge in [-0.1, -0.05) is 0 Å². The highest BCUT2D eigenvalue weighted by atomic mass is 127. The van der Waals surface area contributed by atoms with Gasteiger partial charge >= 0.3 is 0 Å². The fourth-order valence-corrected chi connectivity index (χ4v) is 0.112. The topological polar surface area (TPSA) is 57.2 Å². The number of aliphatic hydroxyl groups excluding tert-OH is 1. The van der Waals surface area contributed by atoms with Crippen LogP contribution in [0, 0.1) is 0 Å². The summed E-state index contributed by atoms with van der Waals surface area (Å²) in [6.45, 7) is -0.569. The molecule has 0 amide bonds. The Morgan fingerprint density at radius 3 is 2.57 bits per heavy atom. The van der Waals surface area contributed by atoms with E-state index < -0.39 is 6.79 Å². The van der Waals surface area contributed by atoms with Crippen LogP contribution in [0.5, 0.6) is 0 Å². The number of rotatable bonds is 4. The average Bonchev–Trinajstić information content (AvgIpc) is 1.69. The van der Waals surface area contributed by atoms with Crippen LogP contribution in [0.1, 0.15) is 0 Å². The molecule has 0 spiro atoms. The van der Waals surface area contributed by atoms with Crippen LogP contribution in [0.4, 0.5) is 0 Å². The molecule has 0 saturated heterocycles. The fraction of sp³-hybridized carbons (Fsp3) is 1.00. The highest BCUT2D eigenvalue weighted by Gasteiger charge is 1.80. The van der Waals surface area contributed by atoms with E-state index in [4.69, 9.17) is 5.11 Å². The van der Waals surface area contributed by atoms with Crippen LogP contribution in [0.25, 0.3) is 0 Å². The Bertz CT molecular complexity index is 27.3. The molecule has 1 N–H and O–H groups in total. The van der Waals surface area contributed by atoms with E-state index in [9.17, 15) is 0 Å². The normalized spacial score (nSPS) is 9.43. The van der Waals surface area contributed by atoms with E-state index in [-0.39, 0.29) is 0 Å². The third-order valence-corrected chi connectivity index (χ3v) is 0.301. The maximum Gasteiger partial charge on any atom is 0.181 e. The molecule has 7 heavy (non-hydrogen) atoms. The Morgan fingerprint density at radius 1 is 1.43 bits per heavy atom. The van der Waals surface area contributed by atoms with Gasteiger partial charge in [-0.15, -0.1) is 3.22 Å².